The number of nitrogens with zero attached hydrogens (tertiary/aromatic N) is 2. The van der Waals surface area contributed by atoms with Crippen molar-refractivity contribution in [1.82, 2.24) is 20.4 Å². The second-order valence-electron chi connectivity index (χ2n) is 5.20. The summed E-state index contributed by atoms with van der Waals surface area (Å²) < 4.78 is 0. The molecule has 0 bridgehead atoms. The Bertz CT molecular complexity index is 255. The third-order valence-electron chi connectivity index (χ3n) is 3.49. The molecular weight excluding hydrogens is 244 g/mol. The molecule has 0 aromatic carbocycles. The first-order valence-electron chi connectivity index (χ1n) is 7.23. The van der Waals surface area contributed by atoms with Crippen LogP contribution in [0.25, 0.3) is 0 Å². The lowest BCUT2D eigenvalue weighted by atomic mass is 10.1. The van der Waals surface area contributed by atoms with Crippen LogP contribution in [0.4, 0.5) is 4.79 Å². The zero-order valence-corrected chi connectivity index (χ0v) is 12.2. The topological polar surface area (TPSA) is 67.8 Å². The van der Waals surface area contributed by atoms with Gasteiger partial charge in [-0.1, -0.05) is 13.8 Å². The first-order chi connectivity index (χ1) is 9.15. The molecule has 6 heteroatoms. The fourth-order valence-corrected chi connectivity index (χ4v) is 2.29. The van der Waals surface area contributed by atoms with Gasteiger partial charge >= 0.3 is 6.03 Å². The summed E-state index contributed by atoms with van der Waals surface area (Å²) in [5.41, 5.74) is 0. The average Bonchev–Trinajstić information content (AvgIpc) is 2.43. The predicted octanol–water partition coefficient (Wildman–Crippen LogP) is -0.448. The average molecular weight is 272 g/mol. The Balaban J connectivity index is 2.10. The maximum Gasteiger partial charge on any atom is 0.314 e. The molecule has 1 fully saturated rings. The lowest BCUT2D eigenvalue weighted by Gasteiger charge is -2.35. The number of carbonyl (C=O) groups excluding carboxylic acids is 1. The molecule has 0 radical (unpaired) electrons. The third-order valence-corrected chi connectivity index (χ3v) is 3.49. The van der Waals surface area contributed by atoms with Crippen LogP contribution >= 0.6 is 0 Å². The Labute approximate surface area is 116 Å². The van der Waals surface area contributed by atoms with E-state index in [0.29, 0.717) is 19.0 Å². The molecule has 0 aliphatic carbocycles. The number of carbonyl (C=O) groups is 1. The highest BCUT2D eigenvalue weighted by atomic mass is 16.3. The second kappa shape index (κ2) is 9.12. The molecule has 1 atom stereocenters. The van der Waals surface area contributed by atoms with E-state index in [4.69, 9.17) is 5.11 Å². The largest absolute Gasteiger partial charge is 0.395 e. The van der Waals surface area contributed by atoms with Gasteiger partial charge in [0.1, 0.15) is 0 Å². The Morgan fingerprint density at radius 1 is 1.21 bits per heavy atom. The number of aliphatic hydroxyl groups is 1. The summed E-state index contributed by atoms with van der Waals surface area (Å²) in [6.45, 7) is 12.0. The van der Waals surface area contributed by atoms with Crippen LogP contribution in [-0.2, 0) is 0 Å². The fourth-order valence-electron chi connectivity index (χ4n) is 2.29. The first kappa shape index (κ1) is 16.2. The van der Waals surface area contributed by atoms with E-state index < -0.39 is 0 Å². The van der Waals surface area contributed by atoms with Crippen molar-refractivity contribution in [3.05, 3.63) is 0 Å². The van der Waals surface area contributed by atoms with Gasteiger partial charge in [0.2, 0.25) is 0 Å². The van der Waals surface area contributed by atoms with Crippen LogP contribution in [0, 0.1) is 5.92 Å². The summed E-state index contributed by atoms with van der Waals surface area (Å²) >= 11 is 0. The van der Waals surface area contributed by atoms with Gasteiger partial charge in [-0.25, -0.2) is 4.79 Å². The lowest BCUT2D eigenvalue weighted by Crippen LogP contribution is -2.48. The zero-order valence-electron chi connectivity index (χ0n) is 12.2. The first-order valence-corrected chi connectivity index (χ1v) is 7.23. The quantitative estimate of drug-likeness (QED) is 0.587. The van der Waals surface area contributed by atoms with Crippen LogP contribution in [-0.4, -0.2) is 79.9 Å². The standard InChI is InChI=1S/C13H28N4O2/c1-3-16-5-7-17(8-6-16)11-12(2)10-15-13(19)14-4-9-18/h12,18H,3-11H2,1-2H3,(H2,14,15,19). The highest BCUT2D eigenvalue weighted by molar-refractivity contribution is 5.73. The van der Waals surface area contributed by atoms with Gasteiger partial charge in [0.05, 0.1) is 6.61 Å². The highest BCUT2D eigenvalue weighted by Gasteiger charge is 2.17. The summed E-state index contributed by atoms with van der Waals surface area (Å²) in [4.78, 5) is 16.2. The minimum atomic E-state index is -0.197. The highest BCUT2D eigenvalue weighted by Crippen LogP contribution is 2.04. The monoisotopic (exact) mass is 272 g/mol. The maximum atomic E-state index is 11.3. The van der Waals surface area contributed by atoms with Gasteiger partial charge in [-0.3, -0.25) is 0 Å². The van der Waals surface area contributed by atoms with Gasteiger partial charge in [-0.15, -0.1) is 0 Å². The summed E-state index contributed by atoms with van der Waals surface area (Å²) in [6.07, 6.45) is 0. The summed E-state index contributed by atoms with van der Waals surface area (Å²) in [6, 6.07) is -0.197. The van der Waals surface area contributed by atoms with Crippen LogP contribution < -0.4 is 10.6 Å². The molecule has 2 amide bonds. The molecule has 0 aromatic rings. The second-order valence-corrected chi connectivity index (χ2v) is 5.20. The number of hydrogen-bond donors (Lipinski definition) is 3. The number of nitrogens with one attached hydrogen (secondary N) is 2. The van der Waals surface area contributed by atoms with Crippen LogP contribution in [0.15, 0.2) is 0 Å². The van der Waals surface area contributed by atoms with Crippen molar-refractivity contribution in [2.24, 2.45) is 5.92 Å². The van der Waals surface area contributed by atoms with E-state index >= 15 is 0 Å². The fraction of sp³-hybridized carbons (Fsp3) is 0.923. The van der Waals surface area contributed by atoms with Crippen molar-refractivity contribution in [3.63, 3.8) is 0 Å². The van der Waals surface area contributed by atoms with E-state index in [1.807, 2.05) is 0 Å². The van der Waals surface area contributed by atoms with Crippen molar-refractivity contribution in [2.45, 2.75) is 13.8 Å². The minimum absolute atomic E-state index is 0.0231. The van der Waals surface area contributed by atoms with Crippen molar-refractivity contribution in [3.8, 4) is 0 Å². The summed E-state index contributed by atoms with van der Waals surface area (Å²) in [7, 11) is 0. The van der Waals surface area contributed by atoms with Gasteiger partial charge in [0.25, 0.3) is 0 Å². The van der Waals surface area contributed by atoms with Crippen molar-refractivity contribution < 1.29 is 9.90 Å². The number of rotatable bonds is 7. The Hall–Kier alpha value is -0.850. The molecule has 1 saturated heterocycles. The molecule has 19 heavy (non-hydrogen) atoms. The van der Waals surface area contributed by atoms with Gasteiger partial charge in [-0.2, -0.15) is 0 Å². The lowest BCUT2D eigenvalue weighted by molar-refractivity contribution is 0.124. The van der Waals surface area contributed by atoms with E-state index in [1.54, 1.807) is 0 Å². The van der Waals surface area contributed by atoms with Gasteiger partial charge in [-0.05, 0) is 12.5 Å². The van der Waals surface area contributed by atoms with Crippen LogP contribution in [0.2, 0.25) is 0 Å². The number of hydrogen-bond acceptors (Lipinski definition) is 4. The SMILES string of the molecule is CCN1CCN(CC(C)CNC(=O)NCCO)CC1. The van der Waals surface area contributed by atoms with Gasteiger partial charge < -0.3 is 25.5 Å². The Morgan fingerprint density at radius 3 is 2.42 bits per heavy atom. The Kier molecular flexibility index (Phi) is 7.78. The molecule has 0 spiro atoms. The molecule has 3 N–H and O–H groups in total. The van der Waals surface area contributed by atoms with Gasteiger partial charge in [0, 0.05) is 45.8 Å². The van der Waals surface area contributed by atoms with E-state index in [0.717, 1.165) is 39.3 Å². The van der Waals surface area contributed by atoms with Crippen LogP contribution in [0.1, 0.15) is 13.8 Å². The molecule has 6 nitrogen and oxygen atoms in total. The summed E-state index contributed by atoms with van der Waals surface area (Å²) in [5, 5.41) is 14.0. The van der Waals surface area contributed by atoms with Crippen LogP contribution in [0.5, 0.6) is 0 Å². The van der Waals surface area contributed by atoms with E-state index in [1.165, 1.54) is 0 Å². The summed E-state index contributed by atoms with van der Waals surface area (Å²) in [5.74, 6) is 0.438. The van der Waals surface area contributed by atoms with E-state index in [9.17, 15) is 4.79 Å². The molecule has 1 aliphatic heterocycles. The number of piperazine rings is 1. The third kappa shape index (κ3) is 6.75. The molecule has 112 valence electrons. The molecule has 1 rings (SSSR count). The maximum absolute atomic E-state index is 11.3. The predicted molar refractivity (Wildman–Crippen MR) is 76.2 cm³/mol. The molecule has 1 aliphatic rings. The van der Waals surface area contributed by atoms with Crippen LogP contribution in [0.3, 0.4) is 0 Å². The van der Waals surface area contributed by atoms with Crippen molar-refractivity contribution in [2.75, 3.05) is 59.0 Å². The zero-order chi connectivity index (χ0) is 14.1. The number of likely N-dealkylation sites (N-methyl/N-ethyl adjacent to an activating group) is 1. The molecule has 1 unspecified atom stereocenters. The Morgan fingerprint density at radius 2 is 1.84 bits per heavy atom. The normalized spacial score (nSPS) is 19.1. The molecule has 1 heterocycles. The molecular formula is C13H28N4O2. The van der Waals surface area contributed by atoms with E-state index in [-0.39, 0.29) is 12.6 Å². The molecule has 0 aromatic heterocycles. The molecule has 0 saturated carbocycles. The van der Waals surface area contributed by atoms with Crippen molar-refractivity contribution in [1.29, 1.82) is 0 Å². The number of aliphatic hydroxyl groups excluding tert-OH is 1. The smallest absolute Gasteiger partial charge is 0.314 e. The van der Waals surface area contributed by atoms with Gasteiger partial charge in [0.15, 0.2) is 0 Å². The van der Waals surface area contributed by atoms with Crippen molar-refractivity contribution >= 4 is 6.03 Å². The minimum Gasteiger partial charge on any atom is -0.395 e. The number of urea groups is 1. The number of amides is 2. The van der Waals surface area contributed by atoms with E-state index in [2.05, 4.69) is 34.3 Å².